The van der Waals surface area contributed by atoms with E-state index in [1.165, 1.54) is 0 Å². The average molecular weight is 461 g/mol. The van der Waals surface area contributed by atoms with E-state index < -0.39 is 0 Å². The molecule has 1 atom stereocenters. The molecule has 2 rings (SSSR count). The van der Waals surface area contributed by atoms with Crippen molar-refractivity contribution in [1.29, 1.82) is 0 Å². The molecule has 25 heavy (non-hydrogen) atoms. The highest BCUT2D eigenvalue weighted by Crippen LogP contribution is 2.17. The van der Waals surface area contributed by atoms with Crippen molar-refractivity contribution < 1.29 is 9.47 Å². The van der Waals surface area contributed by atoms with Crippen molar-refractivity contribution in [3.05, 3.63) is 35.9 Å². The van der Waals surface area contributed by atoms with Crippen LogP contribution in [-0.2, 0) is 9.47 Å². The number of nitrogens with zero attached hydrogens (tertiary/aromatic N) is 2. The van der Waals surface area contributed by atoms with Crippen molar-refractivity contribution in [3.63, 3.8) is 0 Å². The Morgan fingerprint density at radius 1 is 1.24 bits per heavy atom. The molecule has 1 aliphatic heterocycles. The molecule has 0 radical (unpaired) electrons. The van der Waals surface area contributed by atoms with Gasteiger partial charge in [0.1, 0.15) is 6.10 Å². The largest absolute Gasteiger partial charge is 0.378 e. The molecule has 1 aromatic rings. The third-order valence-corrected chi connectivity index (χ3v) is 4.34. The van der Waals surface area contributed by atoms with Gasteiger partial charge in [-0.25, -0.2) is 0 Å². The van der Waals surface area contributed by atoms with Gasteiger partial charge in [-0.2, -0.15) is 0 Å². The average Bonchev–Trinajstić information content (AvgIpc) is 2.63. The summed E-state index contributed by atoms with van der Waals surface area (Å²) in [5.74, 6) is 0.977. The van der Waals surface area contributed by atoms with E-state index in [1.54, 1.807) is 7.11 Å². The van der Waals surface area contributed by atoms with Crippen LogP contribution >= 0.6 is 24.0 Å². The molecule has 0 amide bonds. The third-order valence-electron chi connectivity index (χ3n) is 4.34. The summed E-state index contributed by atoms with van der Waals surface area (Å²) in [6.45, 7) is 8.42. The molecule has 6 heteroatoms. The molecular weight excluding hydrogens is 429 g/mol. The van der Waals surface area contributed by atoms with Crippen LogP contribution in [0.3, 0.4) is 0 Å². The predicted octanol–water partition coefficient (Wildman–Crippen LogP) is 3.46. The highest BCUT2D eigenvalue weighted by atomic mass is 127. The number of likely N-dealkylation sites (tertiary alicyclic amines) is 1. The number of piperidine rings is 1. The Hall–Kier alpha value is -0.860. The van der Waals surface area contributed by atoms with Gasteiger partial charge in [-0.15, -0.1) is 24.0 Å². The summed E-state index contributed by atoms with van der Waals surface area (Å²) in [5.41, 5.74) is 1.16. The number of hydrogen-bond donors (Lipinski definition) is 1. The number of rotatable bonds is 7. The van der Waals surface area contributed by atoms with E-state index in [2.05, 4.69) is 36.2 Å². The summed E-state index contributed by atoms with van der Waals surface area (Å²) in [4.78, 5) is 7.15. The predicted molar refractivity (Wildman–Crippen MR) is 114 cm³/mol. The van der Waals surface area contributed by atoms with Crippen LogP contribution in [0.25, 0.3) is 0 Å². The first-order valence-electron chi connectivity index (χ1n) is 9.01. The summed E-state index contributed by atoms with van der Waals surface area (Å²) >= 11 is 0. The van der Waals surface area contributed by atoms with Crippen molar-refractivity contribution in [3.8, 4) is 0 Å². The highest BCUT2D eigenvalue weighted by Gasteiger charge is 2.22. The maximum absolute atomic E-state index is 5.74. The van der Waals surface area contributed by atoms with Crippen LogP contribution in [0, 0.1) is 0 Å². The Labute approximate surface area is 169 Å². The number of aliphatic imine (C=N–C) groups is 1. The highest BCUT2D eigenvalue weighted by molar-refractivity contribution is 14.0. The second kappa shape index (κ2) is 12.5. The van der Waals surface area contributed by atoms with E-state index >= 15 is 0 Å². The Balaban J connectivity index is 0.00000312. The second-order valence-electron chi connectivity index (χ2n) is 5.97. The van der Waals surface area contributed by atoms with Gasteiger partial charge in [0.25, 0.3) is 0 Å². The second-order valence-corrected chi connectivity index (χ2v) is 5.97. The molecule has 0 saturated carbocycles. The molecule has 5 nitrogen and oxygen atoms in total. The normalized spacial score (nSPS) is 17.1. The maximum atomic E-state index is 5.74. The van der Waals surface area contributed by atoms with Gasteiger partial charge in [-0.1, -0.05) is 30.3 Å². The molecule has 1 fully saturated rings. The standard InChI is InChI=1S/C19H31N3O2.HI/c1-4-20-19(22-13-11-17(12-14-22)24-5-2)21-15-18(23-3)16-9-7-6-8-10-16;/h6-10,17-18H,4-5,11-15H2,1-3H3,(H,20,21);1H. The van der Waals surface area contributed by atoms with Gasteiger partial charge >= 0.3 is 0 Å². The monoisotopic (exact) mass is 461 g/mol. The molecule has 1 saturated heterocycles. The van der Waals surface area contributed by atoms with E-state index in [0.29, 0.717) is 12.6 Å². The molecule has 1 aliphatic rings. The minimum Gasteiger partial charge on any atom is -0.378 e. The lowest BCUT2D eigenvalue weighted by molar-refractivity contribution is 0.0263. The van der Waals surface area contributed by atoms with Gasteiger partial charge in [0, 0.05) is 33.4 Å². The van der Waals surface area contributed by atoms with Crippen molar-refractivity contribution in [1.82, 2.24) is 10.2 Å². The topological polar surface area (TPSA) is 46.1 Å². The zero-order chi connectivity index (χ0) is 17.2. The molecule has 1 aromatic carbocycles. The number of nitrogens with one attached hydrogen (secondary N) is 1. The van der Waals surface area contributed by atoms with Crippen LogP contribution in [0.15, 0.2) is 35.3 Å². The fraction of sp³-hybridized carbons (Fsp3) is 0.632. The Morgan fingerprint density at radius 3 is 2.48 bits per heavy atom. The van der Waals surface area contributed by atoms with E-state index in [1.807, 2.05) is 18.2 Å². The quantitative estimate of drug-likeness (QED) is 0.384. The van der Waals surface area contributed by atoms with Crippen LogP contribution in [0.1, 0.15) is 38.4 Å². The number of benzene rings is 1. The van der Waals surface area contributed by atoms with Crippen LogP contribution in [0.4, 0.5) is 0 Å². The Morgan fingerprint density at radius 2 is 1.92 bits per heavy atom. The van der Waals surface area contributed by atoms with Gasteiger partial charge in [0.15, 0.2) is 5.96 Å². The number of methoxy groups -OCH3 is 1. The van der Waals surface area contributed by atoms with Crippen molar-refractivity contribution in [2.45, 2.75) is 38.9 Å². The lowest BCUT2D eigenvalue weighted by Gasteiger charge is -2.34. The number of hydrogen-bond acceptors (Lipinski definition) is 3. The molecule has 142 valence electrons. The molecule has 0 spiro atoms. The van der Waals surface area contributed by atoms with Crippen molar-refractivity contribution >= 4 is 29.9 Å². The summed E-state index contributed by atoms with van der Waals surface area (Å²) in [5, 5.41) is 3.41. The van der Waals surface area contributed by atoms with Crippen LogP contribution < -0.4 is 5.32 Å². The third kappa shape index (κ3) is 7.11. The van der Waals surface area contributed by atoms with Gasteiger partial charge in [-0.3, -0.25) is 4.99 Å². The smallest absolute Gasteiger partial charge is 0.194 e. The lowest BCUT2D eigenvalue weighted by atomic mass is 10.1. The van der Waals surface area contributed by atoms with Crippen LogP contribution in [0.2, 0.25) is 0 Å². The number of guanidine groups is 1. The SMILES string of the molecule is CCNC(=NCC(OC)c1ccccc1)N1CCC(OCC)CC1.I. The van der Waals surface area contributed by atoms with Gasteiger partial charge in [-0.05, 0) is 32.3 Å². The summed E-state index contributed by atoms with van der Waals surface area (Å²) in [6.07, 6.45) is 2.50. The van der Waals surface area contributed by atoms with Crippen molar-refractivity contribution in [2.75, 3.05) is 39.9 Å². The first-order valence-corrected chi connectivity index (χ1v) is 9.01. The Bertz CT molecular complexity index is 491. The molecule has 0 aliphatic carbocycles. The fourth-order valence-corrected chi connectivity index (χ4v) is 3.05. The van der Waals surface area contributed by atoms with E-state index in [4.69, 9.17) is 14.5 Å². The fourth-order valence-electron chi connectivity index (χ4n) is 3.05. The summed E-state index contributed by atoms with van der Waals surface area (Å²) < 4.78 is 11.4. The summed E-state index contributed by atoms with van der Waals surface area (Å²) in [6, 6.07) is 10.3. The molecular formula is C19H32IN3O2. The Kier molecular flexibility index (Phi) is 11.1. The lowest BCUT2D eigenvalue weighted by Crippen LogP contribution is -2.47. The number of halogens is 1. The van der Waals surface area contributed by atoms with E-state index in [9.17, 15) is 0 Å². The first kappa shape index (κ1) is 22.2. The van der Waals surface area contributed by atoms with Crippen molar-refractivity contribution in [2.24, 2.45) is 4.99 Å². The molecule has 1 heterocycles. The minimum absolute atomic E-state index is 0. The van der Waals surface area contributed by atoms with Gasteiger partial charge in [0.05, 0.1) is 12.6 Å². The summed E-state index contributed by atoms with van der Waals surface area (Å²) in [7, 11) is 1.74. The molecule has 0 aromatic heterocycles. The minimum atomic E-state index is -0.0131. The van der Waals surface area contributed by atoms with Crippen LogP contribution in [-0.4, -0.2) is 56.9 Å². The molecule has 1 unspecified atom stereocenters. The molecule has 1 N–H and O–H groups in total. The van der Waals surface area contributed by atoms with E-state index in [0.717, 1.165) is 50.6 Å². The first-order chi connectivity index (χ1) is 11.8. The molecule has 0 bridgehead atoms. The van der Waals surface area contributed by atoms with E-state index in [-0.39, 0.29) is 30.1 Å². The van der Waals surface area contributed by atoms with Gasteiger partial charge in [0.2, 0.25) is 0 Å². The zero-order valence-electron chi connectivity index (χ0n) is 15.6. The van der Waals surface area contributed by atoms with Gasteiger partial charge < -0.3 is 19.7 Å². The number of ether oxygens (including phenoxy) is 2. The maximum Gasteiger partial charge on any atom is 0.194 e. The zero-order valence-corrected chi connectivity index (χ0v) is 17.9. The van der Waals surface area contributed by atoms with Crippen LogP contribution in [0.5, 0.6) is 0 Å².